The molecule has 0 spiro atoms. The number of hydrogen-bond acceptors (Lipinski definition) is 4. The molecule has 0 saturated heterocycles. The van der Waals surface area contributed by atoms with Gasteiger partial charge in [0.05, 0.1) is 14.2 Å². The van der Waals surface area contributed by atoms with Crippen LogP contribution >= 0.6 is 11.8 Å². The van der Waals surface area contributed by atoms with E-state index in [2.05, 4.69) is 18.4 Å². The smallest absolute Gasteiger partial charge is 0.161 e. The molecule has 19 heavy (non-hydrogen) atoms. The van der Waals surface area contributed by atoms with E-state index in [1.807, 2.05) is 0 Å². The first-order valence-electron chi connectivity index (χ1n) is 6.71. The predicted molar refractivity (Wildman–Crippen MR) is 80.5 cm³/mol. The van der Waals surface area contributed by atoms with Gasteiger partial charge in [0.2, 0.25) is 0 Å². The fourth-order valence-electron chi connectivity index (χ4n) is 3.08. The quantitative estimate of drug-likeness (QED) is 0.842. The molecule has 0 radical (unpaired) electrons. The zero-order valence-corrected chi connectivity index (χ0v) is 12.8. The Balaban J connectivity index is 2.54. The number of rotatable bonds is 5. The lowest BCUT2D eigenvalue weighted by atomic mass is 9.79. The van der Waals surface area contributed by atoms with Crippen molar-refractivity contribution in [3.8, 4) is 11.5 Å². The molecule has 1 fully saturated rings. The van der Waals surface area contributed by atoms with E-state index < -0.39 is 0 Å². The highest BCUT2D eigenvalue weighted by Gasteiger charge is 2.36. The average Bonchev–Trinajstić information content (AvgIpc) is 2.95. The van der Waals surface area contributed by atoms with Crippen LogP contribution in [0.4, 0.5) is 0 Å². The summed E-state index contributed by atoms with van der Waals surface area (Å²) < 4.78 is 10.8. The molecule has 2 rings (SSSR count). The second-order valence-electron chi connectivity index (χ2n) is 5.10. The van der Waals surface area contributed by atoms with Crippen LogP contribution in [0.25, 0.3) is 0 Å². The molecular weight excluding hydrogens is 258 g/mol. The average molecular weight is 281 g/mol. The highest BCUT2D eigenvalue weighted by molar-refractivity contribution is 7.98. The zero-order valence-electron chi connectivity index (χ0n) is 12.0. The van der Waals surface area contributed by atoms with Crippen LogP contribution in [0.1, 0.15) is 31.2 Å². The highest BCUT2D eigenvalue weighted by atomic mass is 32.2. The molecule has 2 N–H and O–H groups in total. The van der Waals surface area contributed by atoms with E-state index in [0.717, 1.165) is 11.5 Å². The lowest BCUT2D eigenvalue weighted by Gasteiger charge is -2.30. The number of hydrogen-bond donors (Lipinski definition) is 1. The van der Waals surface area contributed by atoms with Gasteiger partial charge < -0.3 is 15.2 Å². The van der Waals surface area contributed by atoms with Crippen molar-refractivity contribution >= 4 is 11.8 Å². The minimum absolute atomic E-state index is 0.123. The minimum atomic E-state index is 0.123. The van der Waals surface area contributed by atoms with Crippen molar-refractivity contribution in [1.29, 1.82) is 0 Å². The number of thioether (sulfide) groups is 1. The largest absolute Gasteiger partial charge is 0.493 e. The van der Waals surface area contributed by atoms with E-state index in [4.69, 9.17) is 15.2 Å². The Morgan fingerprint density at radius 1 is 1.16 bits per heavy atom. The van der Waals surface area contributed by atoms with Crippen molar-refractivity contribution in [3.05, 3.63) is 17.7 Å². The molecule has 106 valence electrons. The van der Waals surface area contributed by atoms with Gasteiger partial charge in [-0.3, -0.25) is 0 Å². The van der Waals surface area contributed by atoms with Crippen molar-refractivity contribution in [3.63, 3.8) is 0 Å². The lowest BCUT2D eigenvalue weighted by Crippen LogP contribution is -2.32. The normalized spacial score (nSPS) is 17.5. The minimum Gasteiger partial charge on any atom is -0.493 e. The third-order valence-corrected chi connectivity index (χ3v) is 5.01. The summed E-state index contributed by atoms with van der Waals surface area (Å²) in [5.74, 6) is 1.59. The molecule has 1 aliphatic rings. The fraction of sp³-hybridized carbons (Fsp3) is 0.600. The molecule has 0 amide bonds. The summed E-state index contributed by atoms with van der Waals surface area (Å²) in [5.41, 5.74) is 7.56. The van der Waals surface area contributed by atoms with Gasteiger partial charge in [0.25, 0.3) is 0 Å². The van der Waals surface area contributed by atoms with Gasteiger partial charge in [-0.2, -0.15) is 0 Å². The second kappa shape index (κ2) is 6.06. The van der Waals surface area contributed by atoms with Crippen LogP contribution in [0.3, 0.4) is 0 Å². The van der Waals surface area contributed by atoms with E-state index >= 15 is 0 Å². The van der Waals surface area contributed by atoms with Crippen LogP contribution in [-0.4, -0.2) is 27.0 Å². The van der Waals surface area contributed by atoms with Crippen LogP contribution in [0, 0.1) is 0 Å². The van der Waals surface area contributed by atoms with Crippen molar-refractivity contribution in [2.45, 2.75) is 36.0 Å². The summed E-state index contributed by atoms with van der Waals surface area (Å²) in [4.78, 5) is 1.25. The third-order valence-electron chi connectivity index (χ3n) is 4.23. The van der Waals surface area contributed by atoms with Gasteiger partial charge in [-0.15, -0.1) is 11.8 Å². The number of ether oxygens (including phenoxy) is 2. The molecule has 1 saturated carbocycles. The predicted octanol–water partition coefficient (Wildman–Crippen LogP) is 3.20. The van der Waals surface area contributed by atoms with E-state index in [9.17, 15) is 0 Å². The molecule has 3 nitrogen and oxygen atoms in total. The van der Waals surface area contributed by atoms with Gasteiger partial charge in [-0.05, 0) is 36.8 Å². The first kappa shape index (κ1) is 14.5. The zero-order chi connectivity index (χ0) is 13.9. The molecular formula is C15H23NO2S. The van der Waals surface area contributed by atoms with Gasteiger partial charge in [-0.25, -0.2) is 0 Å². The van der Waals surface area contributed by atoms with E-state index in [1.54, 1.807) is 26.0 Å². The molecule has 1 aliphatic carbocycles. The Morgan fingerprint density at radius 3 is 2.21 bits per heavy atom. The van der Waals surface area contributed by atoms with Gasteiger partial charge in [0, 0.05) is 16.9 Å². The maximum atomic E-state index is 6.11. The maximum absolute atomic E-state index is 6.11. The summed E-state index contributed by atoms with van der Waals surface area (Å²) in [6.07, 6.45) is 6.97. The summed E-state index contributed by atoms with van der Waals surface area (Å²) in [6.45, 7) is 0.704. The standard InChI is InChI=1S/C15H23NO2S/c1-17-12-8-11(14(19-3)9-13(12)18-2)15(10-16)6-4-5-7-15/h8-9H,4-7,10,16H2,1-3H3. The van der Waals surface area contributed by atoms with Gasteiger partial charge >= 0.3 is 0 Å². The van der Waals surface area contributed by atoms with Crippen LogP contribution in [0.15, 0.2) is 17.0 Å². The second-order valence-corrected chi connectivity index (χ2v) is 5.95. The number of benzene rings is 1. The maximum Gasteiger partial charge on any atom is 0.161 e. The van der Waals surface area contributed by atoms with Crippen LogP contribution in [0.2, 0.25) is 0 Å². The van der Waals surface area contributed by atoms with E-state index in [-0.39, 0.29) is 5.41 Å². The van der Waals surface area contributed by atoms with E-state index in [1.165, 1.54) is 36.1 Å². The molecule has 0 heterocycles. The molecule has 0 aromatic heterocycles. The Kier molecular flexibility index (Phi) is 4.63. The first-order valence-corrected chi connectivity index (χ1v) is 7.94. The Labute approximate surface area is 119 Å². The molecule has 0 bridgehead atoms. The number of methoxy groups -OCH3 is 2. The van der Waals surface area contributed by atoms with Crippen molar-refractivity contribution in [2.24, 2.45) is 5.73 Å². The summed E-state index contributed by atoms with van der Waals surface area (Å²) in [5, 5.41) is 0. The van der Waals surface area contributed by atoms with Crippen LogP contribution in [-0.2, 0) is 5.41 Å². The highest BCUT2D eigenvalue weighted by Crippen LogP contribution is 2.47. The summed E-state index contributed by atoms with van der Waals surface area (Å²) in [7, 11) is 3.36. The van der Waals surface area contributed by atoms with Crippen molar-refractivity contribution in [1.82, 2.24) is 0 Å². The molecule has 1 aromatic carbocycles. The van der Waals surface area contributed by atoms with Crippen LogP contribution in [0.5, 0.6) is 11.5 Å². The first-order chi connectivity index (χ1) is 9.20. The topological polar surface area (TPSA) is 44.5 Å². The molecule has 0 atom stereocenters. The Morgan fingerprint density at radius 2 is 1.74 bits per heavy atom. The van der Waals surface area contributed by atoms with Gasteiger partial charge in [0.15, 0.2) is 11.5 Å². The van der Waals surface area contributed by atoms with Gasteiger partial charge in [-0.1, -0.05) is 12.8 Å². The molecule has 1 aromatic rings. The SMILES string of the molecule is COc1cc(SC)c(C2(CN)CCCC2)cc1OC. The third kappa shape index (κ3) is 2.56. The fourth-order valence-corrected chi connectivity index (χ4v) is 3.80. The molecule has 0 aliphatic heterocycles. The van der Waals surface area contributed by atoms with Crippen LogP contribution < -0.4 is 15.2 Å². The monoisotopic (exact) mass is 281 g/mol. The van der Waals surface area contributed by atoms with Crippen molar-refractivity contribution < 1.29 is 9.47 Å². The lowest BCUT2D eigenvalue weighted by molar-refractivity contribution is 0.350. The van der Waals surface area contributed by atoms with Crippen molar-refractivity contribution in [2.75, 3.05) is 27.0 Å². The summed E-state index contributed by atoms with van der Waals surface area (Å²) >= 11 is 1.75. The summed E-state index contributed by atoms with van der Waals surface area (Å²) in [6, 6.07) is 4.21. The molecule has 4 heteroatoms. The Bertz CT molecular complexity index is 442. The molecule has 0 unspecified atom stereocenters. The van der Waals surface area contributed by atoms with Gasteiger partial charge in [0.1, 0.15) is 0 Å². The number of nitrogens with two attached hydrogens (primary N) is 1. The Hall–Kier alpha value is -0.870. The van der Waals surface area contributed by atoms with E-state index in [0.29, 0.717) is 6.54 Å².